The molecule has 1 fully saturated rings. The maximum absolute atomic E-state index is 12.6. The average molecular weight is 374 g/mol. The Bertz CT molecular complexity index is 935. The van der Waals surface area contributed by atoms with Gasteiger partial charge < -0.3 is 10.2 Å². The predicted octanol–water partition coefficient (Wildman–Crippen LogP) is 3.77. The van der Waals surface area contributed by atoms with Gasteiger partial charge in [-0.25, -0.2) is 4.98 Å². The van der Waals surface area contributed by atoms with Crippen molar-refractivity contribution in [2.24, 2.45) is 5.92 Å². The minimum atomic E-state index is 0.0765. The molecule has 3 aromatic rings. The second kappa shape index (κ2) is 8.38. The lowest BCUT2D eigenvalue weighted by molar-refractivity contribution is -0.125. The fourth-order valence-corrected chi connectivity index (χ4v) is 3.77. The number of amides is 1. The molecule has 1 aliphatic rings. The molecule has 1 N–H and O–H groups in total. The Morgan fingerprint density at radius 3 is 2.50 bits per heavy atom. The molecule has 28 heavy (non-hydrogen) atoms. The number of benzene rings is 2. The van der Waals surface area contributed by atoms with Crippen LogP contribution in [0, 0.1) is 5.92 Å². The molecule has 0 aliphatic carbocycles. The first-order valence-electron chi connectivity index (χ1n) is 10.00. The highest BCUT2D eigenvalue weighted by atomic mass is 16.1. The largest absolute Gasteiger partial charge is 0.355 e. The van der Waals surface area contributed by atoms with Crippen molar-refractivity contribution in [1.29, 1.82) is 0 Å². The number of anilines is 1. The van der Waals surface area contributed by atoms with E-state index in [4.69, 9.17) is 4.98 Å². The molecule has 4 rings (SSSR count). The van der Waals surface area contributed by atoms with Gasteiger partial charge in [-0.15, -0.1) is 0 Å². The van der Waals surface area contributed by atoms with Crippen molar-refractivity contribution in [2.75, 3.05) is 24.5 Å². The fourth-order valence-electron chi connectivity index (χ4n) is 3.77. The first-order chi connectivity index (χ1) is 13.7. The molecule has 1 aromatic heterocycles. The van der Waals surface area contributed by atoms with Crippen LogP contribution in [0.1, 0.15) is 31.2 Å². The minimum Gasteiger partial charge on any atom is -0.355 e. The first-order valence-corrected chi connectivity index (χ1v) is 10.00. The summed E-state index contributed by atoms with van der Waals surface area (Å²) in [6, 6.07) is 18.2. The van der Waals surface area contributed by atoms with Crippen molar-refractivity contribution in [2.45, 2.75) is 25.7 Å². The van der Waals surface area contributed by atoms with Crippen LogP contribution in [0.4, 0.5) is 5.82 Å². The van der Waals surface area contributed by atoms with Crippen LogP contribution in [0.2, 0.25) is 0 Å². The predicted molar refractivity (Wildman–Crippen MR) is 112 cm³/mol. The van der Waals surface area contributed by atoms with Gasteiger partial charge in [0.25, 0.3) is 0 Å². The lowest BCUT2D eigenvalue weighted by Crippen LogP contribution is -2.41. The summed E-state index contributed by atoms with van der Waals surface area (Å²) in [6.45, 7) is 4.49. The van der Waals surface area contributed by atoms with E-state index in [1.54, 1.807) is 0 Å². The van der Waals surface area contributed by atoms with Gasteiger partial charge in [0.15, 0.2) is 0 Å². The molecule has 1 amide bonds. The Balaban J connectivity index is 1.30. The summed E-state index contributed by atoms with van der Waals surface area (Å²) in [5, 5.41) is 3.14. The van der Waals surface area contributed by atoms with Crippen LogP contribution in [0.25, 0.3) is 11.0 Å². The zero-order valence-corrected chi connectivity index (χ0v) is 16.2. The van der Waals surface area contributed by atoms with E-state index < -0.39 is 0 Å². The highest BCUT2D eigenvalue weighted by Crippen LogP contribution is 2.23. The number of nitrogens with one attached hydrogen (secondary N) is 1. The Labute approximate surface area is 165 Å². The van der Waals surface area contributed by atoms with Crippen molar-refractivity contribution in [1.82, 2.24) is 15.3 Å². The molecule has 5 heteroatoms. The van der Waals surface area contributed by atoms with Gasteiger partial charge in [-0.3, -0.25) is 9.78 Å². The van der Waals surface area contributed by atoms with E-state index >= 15 is 0 Å². The van der Waals surface area contributed by atoms with E-state index in [0.29, 0.717) is 12.5 Å². The van der Waals surface area contributed by atoms with Crippen molar-refractivity contribution in [3.05, 3.63) is 66.4 Å². The smallest absolute Gasteiger partial charge is 0.223 e. The lowest BCUT2D eigenvalue weighted by atomic mass is 9.95. The van der Waals surface area contributed by atoms with E-state index in [2.05, 4.69) is 34.3 Å². The number of hydrogen-bond donors (Lipinski definition) is 1. The number of aromatic nitrogens is 2. The van der Waals surface area contributed by atoms with E-state index in [1.165, 1.54) is 5.56 Å². The van der Waals surface area contributed by atoms with Gasteiger partial charge in [0.2, 0.25) is 5.91 Å². The zero-order valence-electron chi connectivity index (χ0n) is 16.2. The maximum atomic E-state index is 12.6. The molecule has 5 nitrogen and oxygen atoms in total. The van der Waals surface area contributed by atoms with Crippen LogP contribution >= 0.6 is 0 Å². The van der Waals surface area contributed by atoms with Crippen molar-refractivity contribution >= 4 is 22.8 Å². The van der Waals surface area contributed by atoms with Crippen LogP contribution in [0.5, 0.6) is 0 Å². The lowest BCUT2D eigenvalue weighted by Gasteiger charge is -2.32. The molecular formula is C23H26N4O. The third kappa shape index (κ3) is 4.14. The molecule has 2 aromatic carbocycles. The van der Waals surface area contributed by atoms with Gasteiger partial charge in [-0.05, 0) is 36.5 Å². The zero-order chi connectivity index (χ0) is 19.3. The van der Waals surface area contributed by atoms with Crippen molar-refractivity contribution < 1.29 is 4.79 Å². The Morgan fingerprint density at radius 2 is 1.75 bits per heavy atom. The fraction of sp³-hybridized carbons (Fsp3) is 0.348. The highest BCUT2D eigenvalue weighted by Gasteiger charge is 2.26. The summed E-state index contributed by atoms with van der Waals surface area (Å²) < 4.78 is 0. The number of carbonyl (C=O) groups is 1. The quantitative estimate of drug-likeness (QED) is 0.739. The topological polar surface area (TPSA) is 58.1 Å². The van der Waals surface area contributed by atoms with Gasteiger partial charge in [0.1, 0.15) is 5.82 Å². The molecule has 0 unspecified atom stereocenters. The maximum Gasteiger partial charge on any atom is 0.223 e. The summed E-state index contributed by atoms with van der Waals surface area (Å²) in [5.41, 5.74) is 3.08. The highest BCUT2D eigenvalue weighted by molar-refractivity contribution is 5.79. The second-order valence-electron chi connectivity index (χ2n) is 7.54. The molecule has 0 saturated carbocycles. The number of piperidine rings is 1. The Morgan fingerprint density at radius 1 is 1.07 bits per heavy atom. The SMILES string of the molecule is C[C@@H](CNC(=O)C1CCN(c2cnc3ccccc3n2)CC1)c1ccccc1. The monoisotopic (exact) mass is 374 g/mol. The minimum absolute atomic E-state index is 0.0765. The molecule has 1 saturated heterocycles. The van der Waals surface area contributed by atoms with Crippen LogP contribution in [0.15, 0.2) is 60.8 Å². The molecule has 1 aliphatic heterocycles. The van der Waals surface area contributed by atoms with Gasteiger partial charge in [-0.2, -0.15) is 0 Å². The van der Waals surface area contributed by atoms with E-state index in [-0.39, 0.29) is 11.8 Å². The standard InChI is InChI=1S/C23H26N4O/c1-17(18-7-3-2-4-8-18)15-25-23(28)19-11-13-27(14-12-19)22-16-24-20-9-5-6-10-21(20)26-22/h2-10,16-17,19H,11-15H2,1H3,(H,25,28)/t17-/m0/s1. The number of carbonyl (C=O) groups excluding carboxylic acids is 1. The van der Waals surface area contributed by atoms with Gasteiger partial charge in [0, 0.05) is 25.6 Å². The van der Waals surface area contributed by atoms with Crippen LogP contribution in [-0.2, 0) is 4.79 Å². The third-order valence-corrected chi connectivity index (χ3v) is 5.58. The number of hydrogen-bond acceptors (Lipinski definition) is 4. The molecule has 144 valence electrons. The molecular weight excluding hydrogens is 348 g/mol. The summed E-state index contributed by atoms with van der Waals surface area (Å²) in [5.74, 6) is 1.47. The van der Waals surface area contributed by atoms with Gasteiger partial charge >= 0.3 is 0 Å². The normalized spacial score (nSPS) is 16.1. The van der Waals surface area contributed by atoms with Crippen LogP contribution in [-0.4, -0.2) is 35.5 Å². The third-order valence-electron chi connectivity index (χ3n) is 5.58. The molecule has 2 heterocycles. The molecule has 1 atom stereocenters. The van der Waals surface area contributed by atoms with Crippen LogP contribution < -0.4 is 10.2 Å². The first kappa shape index (κ1) is 18.4. The van der Waals surface area contributed by atoms with Crippen molar-refractivity contribution in [3.63, 3.8) is 0 Å². The molecule has 0 spiro atoms. The van der Waals surface area contributed by atoms with E-state index in [0.717, 1.165) is 42.8 Å². The Kier molecular flexibility index (Phi) is 5.51. The Hall–Kier alpha value is -2.95. The summed E-state index contributed by atoms with van der Waals surface area (Å²) in [4.78, 5) is 24.1. The van der Waals surface area contributed by atoms with Crippen molar-refractivity contribution in [3.8, 4) is 0 Å². The second-order valence-corrected chi connectivity index (χ2v) is 7.54. The summed E-state index contributed by atoms with van der Waals surface area (Å²) in [6.07, 6.45) is 3.53. The van der Waals surface area contributed by atoms with Gasteiger partial charge in [-0.1, -0.05) is 49.4 Å². The van der Waals surface area contributed by atoms with E-state index in [1.807, 2.05) is 48.7 Å². The average Bonchev–Trinajstić information content (AvgIpc) is 2.77. The molecule has 0 radical (unpaired) electrons. The van der Waals surface area contributed by atoms with Crippen LogP contribution in [0.3, 0.4) is 0 Å². The summed E-state index contributed by atoms with van der Waals surface area (Å²) in [7, 11) is 0. The van der Waals surface area contributed by atoms with Gasteiger partial charge in [0.05, 0.1) is 17.2 Å². The number of rotatable bonds is 5. The number of nitrogens with zero attached hydrogens (tertiary/aromatic N) is 3. The number of fused-ring (bicyclic) bond motifs is 1. The summed E-state index contributed by atoms with van der Waals surface area (Å²) >= 11 is 0. The number of para-hydroxylation sites is 2. The van der Waals surface area contributed by atoms with E-state index in [9.17, 15) is 4.79 Å². The molecule has 0 bridgehead atoms.